The molecular weight excluding hydrogens is 359 g/mol. The van der Waals surface area contributed by atoms with E-state index in [9.17, 15) is 4.39 Å². The maximum absolute atomic E-state index is 13.7. The van der Waals surface area contributed by atoms with Crippen molar-refractivity contribution in [1.82, 2.24) is 10.3 Å². The van der Waals surface area contributed by atoms with E-state index >= 15 is 0 Å². The van der Waals surface area contributed by atoms with Crippen LogP contribution < -0.4 is 10.1 Å². The molecule has 0 amide bonds. The highest BCUT2D eigenvalue weighted by atomic mass is 79.9. The van der Waals surface area contributed by atoms with Crippen LogP contribution in [0.3, 0.4) is 0 Å². The second-order valence-electron chi connectivity index (χ2n) is 4.48. The molecule has 3 nitrogen and oxygen atoms in total. The predicted octanol–water partition coefficient (Wildman–Crippen LogP) is 4.93. The van der Waals surface area contributed by atoms with Gasteiger partial charge in [0.1, 0.15) is 5.02 Å². The minimum Gasteiger partial charge on any atom is -0.434 e. The van der Waals surface area contributed by atoms with Gasteiger partial charge in [-0.2, -0.15) is 0 Å². The Morgan fingerprint density at radius 3 is 2.86 bits per heavy atom. The summed E-state index contributed by atoms with van der Waals surface area (Å²) >= 11 is 9.32. The smallest absolute Gasteiger partial charge is 0.238 e. The van der Waals surface area contributed by atoms with E-state index < -0.39 is 5.82 Å². The van der Waals surface area contributed by atoms with Gasteiger partial charge in [-0.1, -0.05) is 34.5 Å². The predicted molar refractivity (Wildman–Crippen MR) is 85.4 cm³/mol. The summed E-state index contributed by atoms with van der Waals surface area (Å²) in [6.07, 6.45) is 2.73. The minimum atomic E-state index is -0.476. The average Bonchev–Trinajstić information content (AvgIpc) is 2.44. The van der Waals surface area contributed by atoms with Crippen LogP contribution in [0.1, 0.15) is 18.9 Å². The molecule has 0 saturated carbocycles. The molecule has 1 N–H and O–H groups in total. The summed E-state index contributed by atoms with van der Waals surface area (Å²) in [6.45, 7) is 3.72. The highest BCUT2D eigenvalue weighted by Gasteiger charge is 2.10. The topological polar surface area (TPSA) is 34.2 Å². The van der Waals surface area contributed by atoms with Crippen molar-refractivity contribution >= 4 is 27.5 Å². The average molecular weight is 374 g/mol. The minimum absolute atomic E-state index is 0.0875. The van der Waals surface area contributed by atoms with Crippen LogP contribution in [0.15, 0.2) is 34.9 Å². The van der Waals surface area contributed by atoms with Crippen LogP contribution in [-0.2, 0) is 6.54 Å². The maximum atomic E-state index is 13.7. The molecule has 0 aliphatic rings. The molecule has 0 aliphatic heterocycles. The van der Waals surface area contributed by atoms with Crippen LogP contribution in [0, 0.1) is 5.82 Å². The Kier molecular flexibility index (Phi) is 5.96. The van der Waals surface area contributed by atoms with Crippen molar-refractivity contribution in [3.8, 4) is 11.6 Å². The van der Waals surface area contributed by atoms with Crippen LogP contribution in [0.2, 0.25) is 5.02 Å². The Bertz CT molecular complexity index is 625. The van der Waals surface area contributed by atoms with Crippen molar-refractivity contribution in [2.75, 3.05) is 6.54 Å². The fourth-order valence-electron chi connectivity index (χ4n) is 1.71. The number of hydrogen-bond donors (Lipinski definition) is 1. The van der Waals surface area contributed by atoms with Crippen LogP contribution in [0.25, 0.3) is 0 Å². The van der Waals surface area contributed by atoms with Crippen molar-refractivity contribution in [3.05, 3.63) is 51.3 Å². The molecule has 0 bridgehead atoms. The van der Waals surface area contributed by atoms with Crippen molar-refractivity contribution in [2.45, 2.75) is 19.9 Å². The normalized spacial score (nSPS) is 10.7. The Morgan fingerprint density at radius 1 is 1.38 bits per heavy atom. The highest BCUT2D eigenvalue weighted by Crippen LogP contribution is 2.30. The Morgan fingerprint density at radius 2 is 2.19 bits per heavy atom. The van der Waals surface area contributed by atoms with E-state index in [1.165, 1.54) is 12.1 Å². The van der Waals surface area contributed by atoms with E-state index in [0.29, 0.717) is 16.0 Å². The summed E-state index contributed by atoms with van der Waals surface area (Å²) < 4.78 is 19.8. The molecule has 0 unspecified atom stereocenters. The molecule has 0 atom stereocenters. The van der Waals surface area contributed by atoms with E-state index in [0.717, 1.165) is 18.5 Å². The first-order valence-electron chi connectivity index (χ1n) is 6.58. The zero-order valence-electron chi connectivity index (χ0n) is 11.5. The molecule has 1 aromatic carbocycles. The van der Waals surface area contributed by atoms with Gasteiger partial charge in [0.25, 0.3) is 0 Å². The maximum Gasteiger partial charge on any atom is 0.238 e. The van der Waals surface area contributed by atoms with Crippen molar-refractivity contribution in [2.24, 2.45) is 0 Å². The molecule has 0 saturated heterocycles. The number of ether oxygens (including phenoxy) is 1. The monoisotopic (exact) mass is 372 g/mol. The quantitative estimate of drug-likeness (QED) is 0.729. The highest BCUT2D eigenvalue weighted by molar-refractivity contribution is 9.10. The molecule has 0 radical (unpaired) electrons. The molecule has 0 aliphatic carbocycles. The number of hydrogen-bond acceptors (Lipinski definition) is 3. The molecule has 21 heavy (non-hydrogen) atoms. The molecule has 1 heterocycles. The first kappa shape index (κ1) is 16.2. The SMILES string of the molecule is CCCNCc1cnc(Oc2ccc(Br)cc2F)c(Cl)c1. The van der Waals surface area contributed by atoms with E-state index in [1.807, 2.05) is 0 Å². The number of aromatic nitrogens is 1. The molecule has 1 aromatic heterocycles. The third kappa shape index (κ3) is 4.66. The van der Waals surface area contributed by atoms with Crippen LogP contribution in [0.5, 0.6) is 11.6 Å². The lowest BCUT2D eigenvalue weighted by Crippen LogP contribution is -2.13. The molecule has 6 heteroatoms. The molecule has 0 fully saturated rings. The molecule has 2 rings (SSSR count). The Labute approximate surface area is 136 Å². The number of nitrogens with zero attached hydrogens (tertiary/aromatic N) is 1. The lowest BCUT2D eigenvalue weighted by molar-refractivity contribution is 0.427. The first-order valence-corrected chi connectivity index (χ1v) is 7.75. The second kappa shape index (κ2) is 7.73. The van der Waals surface area contributed by atoms with E-state index in [4.69, 9.17) is 16.3 Å². The molecule has 0 spiro atoms. The number of halogens is 3. The summed E-state index contributed by atoms with van der Waals surface area (Å²) in [5.41, 5.74) is 0.956. The van der Waals surface area contributed by atoms with Gasteiger partial charge in [0.05, 0.1) is 0 Å². The summed E-state index contributed by atoms with van der Waals surface area (Å²) in [6, 6.07) is 6.30. The van der Waals surface area contributed by atoms with Crippen LogP contribution in [0.4, 0.5) is 4.39 Å². The van der Waals surface area contributed by atoms with Gasteiger partial charge in [0.15, 0.2) is 11.6 Å². The van der Waals surface area contributed by atoms with Crippen molar-refractivity contribution < 1.29 is 9.13 Å². The van der Waals surface area contributed by atoms with Gasteiger partial charge in [-0.15, -0.1) is 0 Å². The summed E-state index contributed by atoms with van der Waals surface area (Å²) in [5.74, 6) is -0.197. The standard InChI is InChI=1S/C15H15BrClFN2O/c1-2-5-19-8-10-6-12(17)15(20-9-10)21-14-4-3-11(16)7-13(14)18/h3-4,6-7,9,19H,2,5,8H2,1H3. The van der Waals surface area contributed by atoms with Gasteiger partial charge < -0.3 is 10.1 Å². The van der Waals surface area contributed by atoms with Gasteiger partial charge in [-0.05, 0) is 42.8 Å². The third-order valence-electron chi connectivity index (χ3n) is 2.72. The fourth-order valence-corrected chi connectivity index (χ4v) is 2.27. The second-order valence-corrected chi connectivity index (χ2v) is 5.81. The van der Waals surface area contributed by atoms with Gasteiger partial charge in [0, 0.05) is 17.2 Å². The zero-order valence-corrected chi connectivity index (χ0v) is 13.8. The van der Waals surface area contributed by atoms with Crippen molar-refractivity contribution in [3.63, 3.8) is 0 Å². The fraction of sp³-hybridized carbons (Fsp3) is 0.267. The summed E-state index contributed by atoms with van der Waals surface area (Å²) in [4.78, 5) is 4.14. The largest absolute Gasteiger partial charge is 0.434 e. The van der Waals surface area contributed by atoms with Gasteiger partial charge in [0.2, 0.25) is 5.88 Å². The van der Waals surface area contributed by atoms with Crippen molar-refractivity contribution in [1.29, 1.82) is 0 Å². The Hall–Kier alpha value is -1.17. The molecule has 2 aromatic rings. The van der Waals surface area contributed by atoms with Gasteiger partial charge >= 0.3 is 0 Å². The summed E-state index contributed by atoms with van der Waals surface area (Å²) in [7, 11) is 0. The van der Waals surface area contributed by atoms with E-state index in [1.54, 1.807) is 18.3 Å². The first-order chi connectivity index (χ1) is 10.1. The zero-order chi connectivity index (χ0) is 15.2. The number of benzene rings is 1. The van der Waals surface area contributed by atoms with Gasteiger partial charge in [-0.3, -0.25) is 0 Å². The van der Waals surface area contributed by atoms with E-state index in [2.05, 4.69) is 33.2 Å². The number of nitrogens with one attached hydrogen (secondary N) is 1. The lowest BCUT2D eigenvalue weighted by atomic mass is 10.3. The van der Waals surface area contributed by atoms with Crippen LogP contribution >= 0.6 is 27.5 Å². The lowest BCUT2D eigenvalue weighted by Gasteiger charge is -2.09. The Balaban J connectivity index is 2.10. The third-order valence-corrected chi connectivity index (χ3v) is 3.48. The molecular formula is C15H15BrClFN2O. The molecule has 112 valence electrons. The van der Waals surface area contributed by atoms with Crippen LogP contribution in [-0.4, -0.2) is 11.5 Å². The number of pyridine rings is 1. The van der Waals surface area contributed by atoms with E-state index in [-0.39, 0.29) is 11.6 Å². The number of rotatable bonds is 6. The summed E-state index contributed by atoms with van der Waals surface area (Å²) in [5, 5.41) is 3.61. The van der Waals surface area contributed by atoms with Gasteiger partial charge in [-0.25, -0.2) is 9.37 Å².